The third-order valence-electron chi connectivity index (χ3n) is 6.22. The fraction of sp³-hybridized carbons (Fsp3) is 0.375. The van der Waals surface area contributed by atoms with Crippen LogP contribution in [-0.4, -0.2) is 42.5 Å². The summed E-state index contributed by atoms with van der Waals surface area (Å²) in [6.45, 7) is 3.91. The SMILES string of the molecule is c1ccc2c(c1)CCO[C@H]2CNC1CCN(c2ccc(-c3ccn[nH]3)cc2)CC1. The van der Waals surface area contributed by atoms with Gasteiger partial charge in [0, 0.05) is 37.6 Å². The molecule has 3 aromatic rings. The van der Waals surface area contributed by atoms with Crippen molar-refractivity contribution in [3.8, 4) is 11.3 Å². The number of aromatic nitrogens is 2. The van der Waals surface area contributed by atoms with Gasteiger partial charge in [0.05, 0.1) is 18.4 Å². The number of piperidine rings is 1. The number of aromatic amines is 1. The highest BCUT2D eigenvalue weighted by molar-refractivity contribution is 5.62. The van der Waals surface area contributed by atoms with Crippen molar-refractivity contribution in [1.29, 1.82) is 0 Å². The van der Waals surface area contributed by atoms with E-state index in [0.29, 0.717) is 6.04 Å². The lowest BCUT2D eigenvalue weighted by Gasteiger charge is -2.35. The van der Waals surface area contributed by atoms with Crippen LogP contribution in [0.2, 0.25) is 0 Å². The van der Waals surface area contributed by atoms with Crippen molar-refractivity contribution in [2.75, 3.05) is 31.1 Å². The quantitative estimate of drug-likeness (QED) is 0.695. The largest absolute Gasteiger partial charge is 0.372 e. The Morgan fingerprint density at radius 2 is 1.86 bits per heavy atom. The Hall–Kier alpha value is -2.63. The molecule has 0 radical (unpaired) electrons. The van der Waals surface area contributed by atoms with Crippen LogP contribution < -0.4 is 10.2 Å². The second-order valence-corrected chi connectivity index (χ2v) is 8.00. The Labute approximate surface area is 172 Å². The molecule has 0 saturated carbocycles. The highest BCUT2D eigenvalue weighted by atomic mass is 16.5. The Morgan fingerprint density at radius 3 is 2.66 bits per heavy atom. The number of nitrogens with one attached hydrogen (secondary N) is 2. The van der Waals surface area contributed by atoms with E-state index in [4.69, 9.17) is 4.74 Å². The molecule has 1 fully saturated rings. The smallest absolute Gasteiger partial charge is 0.0952 e. The monoisotopic (exact) mass is 388 g/mol. The Bertz CT molecular complexity index is 914. The van der Waals surface area contributed by atoms with E-state index in [1.54, 1.807) is 6.20 Å². The maximum atomic E-state index is 6.05. The predicted octanol–water partition coefficient (Wildman–Crippen LogP) is 3.95. The summed E-state index contributed by atoms with van der Waals surface area (Å²) in [6, 6.07) is 20.1. The lowest BCUT2D eigenvalue weighted by atomic mass is 9.97. The number of hydrogen-bond acceptors (Lipinski definition) is 4. The molecule has 2 aliphatic heterocycles. The van der Waals surface area contributed by atoms with E-state index in [0.717, 1.165) is 51.2 Å². The first kappa shape index (κ1) is 18.4. The molecule has 1 atom stereocenters. The zero-order valence-corrected chi connectivity index (χ0v) is 16.7. The molecular formula is C24H28N4O. The van der Waals surface area contributed by atoms with Crippen LogP contribution >= 0.6 is 0 Å². The Morgan fingerprint density at radius 1 is 1.03 bits per heavy atom. The van der Waals surface area contributed by atoms with E-state index in [2.05, 4.69) is 68.9 Å². The highest BCUT2D eigenvalue weighted by Gasteiger charge is 2.23. The molecular weight excluding hydrogens is 360 g/mol. The number of fused-ring (bicyclic) bond motifs is 1. The third kappa shape index (κ3) is 4.07. The minimum absolute atomic E-state index is 0.188. The average molecular weight is 389 g/mol. The van der Waals surface area contributed by atoms with Gasteiger partial charge in [0.1, 0.15) is 0 Å². The van der Waals surface area contributed by atoms with Gasteiger partial charge in [-0.1, -0.05) is 36.4 Å². The van der Waals surface area contributed by atoms with Crippen LogP contribution in [0, 0.1) is 0 Å². The fourth-order valence-corrected chi connectivity index (χ4v) is 4.53. The van der Waals surface area contributed by atoms with Gasteiger partial charge in [-0.25, -0.2) is 0 Å². The number of hydrogen-bond donors (Lipinski definition) is 2. The molecule has 0 bridgehead atoms. The second kappa shape index (κ2) is 8.39. The molecule has 0 aliphatic carbocycles. The van der Waals surface area contributed by atoms with Gasteiger partial charge in [-0.2, -0.15) is 5.10 Å². The van der Waals surface area contributed by atoms with Crippen LogP contribution in [-0.2, 0) is 11.2 Å². The minimum atomic E-state index is 0.188. The minimum Gasteiger partial charge on any atom is -0.372 e. The summed E-state index contributed by atoms with van der Waals surface area (Å²) < 4.78 is 6.05. The van der Waals surface area contributed by atoms with Crippen molar-refractivity contribution in [1.82, 2.24) is 15.5 Å². The summed E-state index contributed by atoms with van der Waals surface area (Å²) in [6.07, 6.45) is 5.34. The number of benzene rings is 2. The number of anilines is 1. The first-order valence-electron chi connectivity index (χ1n) is 10.6. The molecule has 5 heteroatoms. The Kier molecular flexibility index (Phi) is 5.33. The van der Waals surface area contributed by atoms with Crippen molar-refractivity contribution >= 4 is 5.69 Å². The van der Waals surface area contributed by atoms with Gasteiger partial charge >= 0.3 is 0 Å². The number of H-pyrrole nitrogens is 1. The molecule has 0 spiro atoms. The standard InChI is InChI=1S/C24H28N4O/c1-2-4-22-18(3-1)12-16-29-24(22)17-25-20-10-14-28(15-11-20)21-7-5-19(6-8-21)23-9-13-26-27-23/h1-9,13,20,24-25H,10-12,14-17H2,(H,26,27)/t24-/m0/s1. The number of ether oxygens (including phenoxy) is 1. The lowest BCUT2D eigenvalue weighted by Crippen LogP contribution is -2.44. The molecule has 2 aliphatic rings. The average Bonchev–Trinajstić information content (AvgIpc) is 3.33. The number of rotatable bonds is 5. The third-order valence-corrected chi connectivity index (χ3v) is 6.22. The molecule has 0 unspecified atom stereocenters. The molecule has 150 valence electrons. The zero-order valence-electron chi connectivity index (χ0n) is 16.7. The van der Waals surface area contributed by atoms with E-state index in [1.807, 2.05) is 6.07 Å². The molecule has 1 aromatic heterocycles. The maximum absolute atomic E-state index is 6.05. The molecule has 0 amide bonds. The van der Waals surface area contributed by atoms with Crippen LogP contribution in [0.15, 0.2) is 60.8 Å². The Balaban J connectivity index is 1.13. The van der Waals surface area contributed by atoms with Crippen LogP contribution in [0.4, 0.5) is 5.69 Å². The zero-order chi connectivity index (χ0) is 19.5. The summed E-state index contributed by atoms with van der Waals surface area (Å²) in [4.78, 5) is 2.49. The molecule has 29 heavy (non-hydrogen) atoms. The normalized spacial score (nSPS) is 19.9. The second-order valence-electron chi connectivity index (χ2n) is 8.00. The van der Waals surface area contributed by atoms with Gasteiger partial charge in [0.15, 0.2) is 0 Å². The summed E-state index contributed by atoms with van der Waals surface area (Å²) in [7, 11) is 0. The van der Waals surface area contributed by atoms with Gasteiger partial charge in [0.2, 0.25) is 0 Å². The van der Waals surface area contributed by atoms with Crippen molar-refractivity contribution < 1.29 is 4.74 Å². The fourth-order valence-electron chi connectivity index (χ4n) is 4.53. The summed E-state index contributed by atoms with van der Waals surface area (Å²) in [5, 5.41) is 10.8. The lowest BCUT2D eigenvalue weighted by molar-refractivity contribution is 0.0401. The van der Waals surface area contributed by atoms with E-state index in [1.165, 1.54) is 22.4 Å². The van der Waals surface area contributed by atoms with Gasteiger partial charge in [-0.3, -0.25) is 5.10 Å². The summed E-state index contributed by atoms with van der Waals surface area (Å²) >= 11 is 0. The van der Waals surface area contributed by atoms with Crippen molar-refractivity contribution in [3.05, 3.63) is 71.9 Å². The van der Waals surface area contributed by atoms with E-state index >= 15 is 0 Å². The van der Waals surface area contributed by atoms with Crippen molar-refractivity contribution in [2.24, 2.45) is 0 Å². The molecule has 3 heterocycles. The predicted molar refractivity (Wildman–Crippen MR) is 116 cm³/mol. The first-order chi connectivity index (χ1) is 14.4. The van der Waals surface area contributed by atoms with Crippen LogP contribution in [0.1, 0.15) is 30.1 Å². The van der Waals surface area contributed by atoms with Crippen LogP contribution in [0.3, 0.4) is 0 Å². The summed E-state index contributed by atoms with van der Waals surface area (Å²) in [5.74, 6) is 0. The molecule has 5 rings (SSSR count). The van der Waals surface area contributed by atoms with Crippen LogP contribution in [0.5, 0.6) is 0 Å². The van der Waals surface area contributed by atoms with E-state index < -0.39 is 0 Å². The van der Waals surface area contributed by atoms with E-state index in [9.17, 15) is 0 Å². The topological polar surface area (TPSA) is 53.2 Å². The van der Waals surface area contributed by atoms with Crippen molar-refractivity contribution in [2.45, 2.75) is 31.4 Å². The van der Waals surface area contributed by atoms with E-state index in [-0.39, 0.29) is 6.10 Å². The molecule has 1 saturated heterocycles. The van der Waals surface area contributed by atoms with Gasteiger partial charge in [-0.05, 0) is 54.2 Å². The maximum Gasteiger partial charge on any atom is 0.0952 e. The summed E-state index contributed by atoms with van der Waals surface area (Å²) in [5.41, 5.74) is 6.35. The molecule has 2 N–H and O–H groups in total. The highest BCUT2D eigenvalue weighted by Crippen LogP contribution is 2.27. The first-order valence-corrected chi connectivity index (χ1v) is 10.6. The number of nitrogens with zero attached hydrogens (tertiary/aromatic N) is 2. The van der Waals surface area contributed by atoms with Gasteiger partial charge in [0.25, 0.3) is 0 Å². The van der Waals surface area contributed by atoms with Gasteiger partial charge in [-0.15, -0.1) is 0 Å². The van der Waals surface area contributed by atoms with Crippen molar-refractivity contribution in [3.63, 3.8) is 0 Å². The van der Waals surface area contributed by atoms with Gasteiger partial charge < -0.3 is 15.0 Å². The van der Waals surface area contributed by atoms with Crippen LogP contribution in [0.25, 0.3) is 11.3 Å². The molecule has 5 nitrogen and oxygen atoms in total. The molecule has 2 aromatic carbocycles.